The van der Waals surface area contributed by atoms with E-state index in [4.69, 9.17) is 0 Å². The number of halogens is 3. The Morgan fingerprint density at radius 3 is 2.75 bits per heavy atom. The average Bonchev–Trinajstić information content (AvgIpc) is 3.13. The molecule has 2 saturated heterocycles. The van der Waals surface area contributed by atoms with Gasteiger partial charge in [0.25, 0.3) is 0 Å². The highest BCUT2D eigenvalue weighted by atomic mass is 19.3. The maximum absolute atomic E-state index is 14.1. The fourth-order valence-electron chi connectivity index (χ4n) is 4.10. The van der Waals surface area contributed by atoms with Gasteiger partial charge < -0.3 is 19.9 Å². The van der Waals surface area contributed by atoms with Crippen LogP contribution in [0.25, 0.3) is 0 Å². The second-order valence-corrected chi connectivity index (χ2v) is 7.46. The fraction of sp³-hybridized carbons (Fsp3) is 0.650. The first kappa shape index (κ1) is 20.8. The Bertz CT molecular complexity index is 665. The number of nitrogens with one attached hydrogen (secondary N) is 1. The molecule has 0 aromatic heterocycles. The van der Waals surface area contributed by atoms with Crippen molar-refractivity contribution in [2.24, 2.45) is 10.9 Å². The van der Waals surface area contributed by atoms with Gasteiger partial charge in [-0.3, -0.25) is 4.99 Å². The lowest BCUT2D eigenvalue weighted by Crippen LogP contribution is -2.41. The Morgan fingerprint density at radius 2 is 2.04 bits per heavy atom. The Balaban J connectivity index is 1.55. The first-order chi connectivity index (χ1) is 13.6. The quantitative estimate of drug-likeness (QED) is 0.590. The number of guanidine groups is 1. The van der Waals surface area contributed by atoms with Crippen molar-refractivity contribution < 1.29 is 17.9 Å². The first-order valence-corrected chi connectivity index (χ1v) is 9.97. The summed E-state index contributed by atoms with van der Waals surface area (Å²) in [5.74, 6) is 0.517. The van der Waals surface area contributed by atoms with E-state index in [2.05, 4.69) is 24.8 Å². The third-order valence-corrected chi connectivity index (χ3v) is 5.48. The van der Waals surface area contributed by atoms with Crippen molar-refractivity contribution in [3.05, 3.63) is 29.6 Å². The van der Waals surface area contributed by atoms with E-state index in [0.29, 0.717) is 11.9 Å². The van der Waals surface area contributed by atoms with E-state index >= 15 is 0 Å². The van der Waals surface area contributed by atoms with Crippen LogP contribution >= 0.6 is 0 Å². The molecule has 1 N–H and O–H groups in total. The van der Waals surface area contributed by atoms with Crippen LogP contribution in [0.3, 0.4) is 0 Å². The van der Waals surface area contributed by atoms with Gasteiger partial charge in [-0.2, -0.15) is 8.78 Å². The lowest BCUT2D eigenvalue weighted by Gasteiger charge is -2.29. The minimum Gasteiger partial charge on any atom is -0.434 e. The molecule has 0 aliphatic carbocycles. The van der Waals surface area contributed by atoms with Gasteiger partial charge in [0.1, 0.15) is 11.6 Å². The van der Waals surface area contributed by atoms with E-state index in [-0.39, 0.29) is 17.9 Å². The van der Waals surface area contributed by atoms with Gasteiger partial charge >= 0.3 is 6.61 Å². The summed E-state index contributed by atoms with van der Waals surface area (Å²) < 4.78 is 43.7. The van der Waals surface area contributed by atoms with Crippen LogP contribution < -0.4 is 10.1 Å². The molecule has 2 aliphatic heterocycles. The second-order valence-electron chi connectivity index (χ2n) is 7.46. The fourth-order valence-corrected chi connectivity index (χ4v) is 4.10. The molecule has 2 heterocycles. The molecule has 5 nitrogen and oxygen atoms in total. The Hall–Kier alpha value is -1.96. The molecule has 0 saturated carbocycles. The first-order valence-electron chi connectivity index (χ1n) is 9.97. The lowest BCUT2D eigenvalue weighted by molar-refractivity contribution is -0.0506. The summed E-state index contributed by atoms with van der Waals surface area (Å²) in [5, 5.41) is 3.10. The van der Waals surface area contributed by atoms with Crippen LogP contribution in [-0.4, -0.2) is 62.1 Å². The molecule has 0 bridgehead atoms. The largest absolute Gasteiger partial charge is 0.434 e. The van der Waals surface area contributed by atoms with Crippen LogP contribution in [0.2, 0.25) is 0 Å². The normalized spacial score (nSPS) is 21.4. The van der Waals surface area contributed by atoms with Gasteiger partial charge in [0, 0.05) is 38.8 Å². The van der Waals surface area contributed by atoms with Crippen molar-refractivity contribution in [2.45, 2.75) is 38.8 Å². The molecule has 1 atom stereocenters. The van der Waals surface area contributed by atoms with Crippen molar-refractivity contribution >= 4 is 5.96 Å². The van der Waals surface area contributed by atoms with E-state index in [1.54, 1.807) is 7.05 Å². The summed E-state index contributed by atoms with van der Waals surface area (Å²) >= 11 is 0. The average molecular weight is 398 g/mol. The van der Waals surface area contributed by atoms with Crippen molar-refractivity contribution in [1.82, 2.24) is 15.1 Å². The van der Waals surface area contributed by atoms with Gasteiger partial charge in [0.15, 0.2) is 5.96 Å². The van der Waals surface area contributed by atoms with Gasteiger partial charge in [-0.15, -0.1) is 0 Å². The summed E-state index contributed by atoms with van der Waals surface area (Å²) in [5.41, 5.74) is 0.0769. The number of likely N-dealkylation sites (tertiary alicyclic amines) is 2. The van der Waals surface area contributed by atoms with E-state index < -0.39 is 12.4 Å². The van der Waals surface area contributed by atoms with Gasteiger partial charge in [-0.25, -0.2) is 4.39 Å². The topological polar surface area (TPSA) is 40.1 Å². The standard InChI is InChI=1S/C20H29F3N4O/c1-24-20(25-12-16-17(21)6-5-7-18(16)28-19(22)23)27-11-8-15(14-27)13-26-9-3-2-4-10-26/h5-7,15,19H,2-4,8-14H2,1H3,(H,24,25). The maximum atomic E-state index is 14.1. The number of benzene rings is 1. The molecule has 156 valence electrons. The highest BCUT2D eigenvalue weighted by Crippen LogP contribution is 2.24. The van der Waals surface area contributed by atoms with Crippen LogP contribution in [0.4, 0.5) is 13.2 Å². The molecule has 2 fully saturated rings. The Kier molecular flexibility index (Phi) is 7.42. The molecule has 8 heteroatoms. The molecule has 28 heavy (non-hydrogen) atoms. The number of nitrogens with zero attached hydrogens (tertiary/aromatic N) is 3. The van der Waals surface area contributed by atoms with Gasteiger partial charge in [-0.05, 0) is 50.4 Å². The van der Waals surface area contributed by atoms with E-state index in [1.807, 2.05) is 0 Å². The van der Waals surface area contributed by atoms with E-state index in [1.165, 1.54) is 50.6 Å². The van der Waals surface area contributed by atoms with Crippen LogP contribution in [-0.2, 0) is 6.54 Å². The molecule has 2 aliphatic rings. The van der Waals surface area contributed by atoms with Gasteiger partial charge in [-0.1, -0.05) is 12.5 Å². The lowest BCUT2D eigenvalue weighted by atomic mass is 10.1. The summed E-state index contributed by atoms with van der Waals surface area (Å²) in [6.07, 6.45) is 4.99. The number of piperidine rings is 1. The van der Waals surface area contributed by atoms with Crippen molar-refractivity contribution in [3.8, 4) is 5.75 Å². The number of hydrogen-bond acceptors (Lipinski definition) is 3. The molecule has 1 aromatic rings. The summed E-state index contributed by atoms with van der Waals surface area (Å²) in [4.78, 5) is 8.99. The molecule has 3 rings (SSSR count). The van der Waals surface area contributed by atoms with Crippen LogP contribution in [0, 0.1) is 11.7 Å². The van der Waals surface area contributed by atoms with Gasteiger partial charge in [0.05, 0.1) is 0 Å². The number of aliphatic imine (C=N–C) groups is 1. The zero-order valence-corrected chi connectivity index (χ0v) is 16.3. The molecule has 1 unspecified atom stereocenters. The van der Waals surface area contributed by atoms with Gasteiger partial charge in [0.2, 0.25) is 0 Å². The molecular formula is C20H29F3N4O. The molecule has 0 spiro atoms. The Morgan fingerprint density at radius 1 is 1.25 bits per heavy atom. The number of ether oxygens (including phenoxy) is 1. The summed E-state index contributed by atoms with van der Waals surface area (Å²) in [6, 6.07) is 3.94. The zero-order valence-electron chi connectivity index (χ0n) is 16.3. The molecule has 0 amide bonds. The summed E-state index contributed by atoms with van der Waals surface area (Å²) in [6.45, 7) is 2.30. The molecule has 1 aromatic carbocycles. The monoisotopic (exact) mass is 398 g/mol. The van der Waals surface area contributed by atoms with Crippen molar-refractivity contribution in [1.29, 1.82) is 0 Å². The maximum Gasteiger partial charge on any atom is 0.387 e. The highest BCUT2D eigenvalue weighted by Gasteiger charge is 2.27. The van der Waals surface area contributed by atoms with E-state index in [9.17, 15) is 13.2 Å². The predicted octanol–water partition coefficient (Wildman–Crippen LogP) is 3.31. The van der Waals surface area contributed by atoms with Crippen LogP contribution in [0.15, 0.2) is 23.2 Å². The van der Waals surface area contributed by atoms with Crippen molar-refractivity contribution in [2.75, 3.05) is 39.8 Å². The number of alkyl halides is 2. The minimum absolute atomic E-state index is 0.0364. The second kappa shape index (κ2) is 10.0. The van der Waals surface area contributed by atoms with Crippen molar-refractivity contribution in [3.63, 3.8) is 0 Å². The number of hydrogen-bond donors (Lipinski definition) is 1. The van der Waals surface area contributed by atoms with Crippen LogP contribution in [0.1, 0.15) is 31.2 Å². The SMILES string of the molecule is CN=C(NCc1c(F)cccc1OC(F)F)N1CCC(CN2CCCCC2)C1. The van der Waals surface area contributed by atoms with E-state index in [0.717, 1.165) is 26.1 Å². The third-order valence-electron chi connectivity index (χ3n) is 5.48. The molecule has 0 radical (unpaired) electrons. The minimum atomic E-state index is -2.99. The predicted molar refractivity (Wildman–Crippen MR) is 103 cm³/mol. The zero-order chi connectivity index (χ0) is 19.9. The highest BCUT2D eigenvalue weighted by molar-refractivity contribution is 5.80. The molecular weight excluding hydrogens is 369 g/mol. The number of rotatable bonds is 6. The third kappa shape index (κ3) is 5.53. The van der Waals surface area contributed by atoms with Crippen LogP contribution in [0.5, 0.6) is 5.75 Å². The Labute approximate surface area is 164 Å². The smallest absolute Gasteiger partial charge is 0.387 e. The summed E-state index contributed by atoms with van der Waals surface area (Å²) in [7, 11) is 1.68.